The molecule has 0 unspecified atom stereocenters. The maximum Gasteiger partial charge on any atom is 0.234 e. The molecule has 3 aromatic rings. The van der Waals surface area contributed by atoms with E-state index in [4.69, 9.17) is 5.11 Å². The highest BCUT2D eigenvalue weighted by Gasteiger charge is 2.11. The van der Waals surface area contributed by atoms with Crippen molar-refractivity contribution >= 4 is 57.3 Å². The minimum absolute atomic E-state index is 0.126. The number of thioether (sulfide) groups is 1. The lowest BCUT2D eigenvalue weighted by molar-refractivity contribution is -0.113. The summed E-state index contributed by atoms with van der Waals surface area (Å²) < 4.78 is 1.11. The van der Waals surface area contributed by atoms with Gasteiger partial charge in [-0.2, -0.15) is 5.26 Å². The second kappa shape index (κ2) is 11.8. The monoisotopic (exact) mass is 523 g/mol. The number of thiophene rings is 1. The molecule has 0 saturated heterocycles. The Labute approximate surface area is 186 Å². The lowest BCUT2D eigenvalue weighted by Gasteiger charge is -2.07. The van der Waals surface area contributed by atoms with Crippen LogP contribution in [-0.4, -0.2) is 28.4 Å². The molecule has 5 nitrogen and oxygen atoms in total. The number of nitriles is 1. The van der Waals surface area contributed by atoms with Crippen molar-refractivity contribution in [3.8, 4) is 16.6 Å². The van der Waals surface area contributed by atoms with E-state index in [9.17, 15) is 10.1 Å². The predicted molar refractivity (Wildman–Crippen MR) is 124 cm³/mol. The Hall–Kier alpha value is -1.93. The molecule has 8 heteroatoms. The lowest BCUT2D eigenvalue weighted by atomic mass is 10.2. The van der Waals surface area contributed by atoms with Gasteiger partial charge in [0, 0.05) is 15.9 Å². The van der Waals surface area contributed by atoms with E-state index in [-0.39, 0.29) is 18.3 Å². The Kier molecular flexibility index (Phi) is 9.43. The number of halogens is 1. The molecule has 0 radical (unpaired) electrons. The molecule has 2 aromatic heterocycles. The largest absolute Gasteiger partial charge is 0.397 e. The van der Waals surface area contributed by atoms with Crippen molar-refractivity contribution in [1.82, 2.24) is 4.98 Å². The van der Waals surface area contributed by atoms with E-state index in [0.717, 1.165) is 19.8 Å². The van der Waals surface area contributed by atoms with E-state index < -0.39 is 0 Å². The van der Waals surface area contributed by atoms with E-state index in [1.54, 1.807) is 24.3 Å². The maximum atomic E-state index is 12.1. The smallest absolute Gasteiger partial charge is 0.234 e. The average molecular weight is 523 g/mol. The fraction of sp³-hybridized carbons (Fsp3) is 0.150. The molecule has 2 N–H and O–H groups in total. The van der Waals surface area contributed by atoms with Crippen LogP contribution < -0.4 is 5.32 Å². The topological polar surface area (TPSA) is 86.0 Å². The Balaban J connectivity index is 0.000000878. The molecule has 28 heavy (non-hydrogen) atoms. The Morgan fingerprint density at radius 2 is 2.00 bits per heavy atom. The summed E-state index contributed by atoms with van der Waals surface area (Å²) in [7, 11) is 0. The van der Waals surface area contributed by atoms with Crippen LogP contribution >= 0.6 is 45.7 Å². The number of nitrogens with one attached hydrogen (secondary N) is 1. The SMILES string of the molecule is CCO.N#Cc1ccc(-c2cccs2)nc1SCC(=O)Nc1ccc(I)cc1. The summed E-state index contributed by atoms with van der Waals surface area (Å²) in [6.45, 7) is 1.93. The highest BCUT2D eigenvalue weighted by atomic mass is 127. The van der Waals surface area contributed by atoms with E-state index >= 15 is 0 Å². The zero-order chi connectivity index (χ0) is 20.4. The molecule has 1 aromatic carbocycles. The highest BCUT2D eigenvalue weighted by Crippen LogP contribution is 2.28. The third-order valence-electron chi connectivity index (χ3n) is 3.22. The maximum absolute atomic E-state index is 12.1. The summed E-state index contributed by atoms with van der Waals surface area (Å²) in [6.07, 6.45) is 0. The van der Waals surface area contributed by atoms with E-state index in [1.165, 1.54) is 11.8 Å². The number of aliphatic hydroxyl groups is 1. The molecular formula is C20H18IN3O2S2. The predicted octanol–water partition coefficient (Wildman–Crippen LogP) is 5.02. The number of rotatable bonds is 5. The third-order valence-corrected chi connectivity index (χ3v) is 5.83. The van der Waals surface area contributed by atoms with Crippen LogP contribution in [0.25, 0.3) is 10.6 Å². The molecule has 0 aliphatic heterocycles. The van der Waals surface area contributed by atoms with Gasteiger partial charge in [0.1, 0.15) is 11.1 Å². The van der Waals surface area contributed by atoms with Crippen LogP contribution in [-0.2, 0) is 4.79 Å². The van der Waals surface area contributed by atoms with E-state index in [2.05, 4.69) is 39.0 Å². The molecule has 0 fully saturated rings. The summed E-state index contributed by atoms with van der Waals surface area (Å²) in [5.41, 5.74) is 2.05. The first-order chi connectivity index (χ1) is 13.6. The van der Waals surface area contributed by atoms with E-state index in [1.807, 2.05) is 47.8 Å². The molecule has 0 spiro atoms. The summed E-state index contributed by atoms with van der Waals surface area (Å²) in [5, 5.41) is 22.2. The molecule has 1 amide bonds. The first kappa shape index (κ1) is 22.4. The van der Waals surface area contributed by atoms with Crippen LogP contribution in [0.2, 0.25) is 0 Å². The van der Waals surface area contributed by atoms with Gasteiger partial charge in [-0.15, -0.1) is 11.3 Å². The minimum atomic E-state index is -0.126. The molecule has 0 aliphatic rings. The van der Waals surface area contributed by atoms with Crippen molar-refractivity contribution in [3.05, 3.63) is 63.0 Å². The van der Waals surface area contributed by atoms with Gasteiger partial charge < -0.3 is 10.4 Å². The van der Waals surface area contributed by atoms with Crippen molar-refractivity contribution in [3.63, 3.8) is 0 Å². The number of benzene rings is 1. The Morgan fingerprint density at radius 1 is 1.29 bits per heavy atom. The second-order valence-electron chi connectivity index (χ2n) is 5.30. The number of nitrogens with zero attached hydrogens (tertiary/aromatic N) is 2. The Bertz CT molecular complexity index is 939. The van der Waals surface area contributed by atoms with Crippen LogP contribution in [0.3, 0.4) is 0 Å². The van der Waals surface area contributed by atoms with Crippen LogP contribution in [0.1, 0.15) is 12.5 Å². The number of amides is 1. The van der Waals surface area contributed by atoms with Gasteiger partial charge in [-0.3, -0.25) is 4.79 Å². The number of hydrogen-bond acceptors (Lipinski definition) is 6. The van der Waals surface area contributed by atoms with Crippen LogP contribution in [0.4, 0.5) is 5.69 Å². The van der Waals surface area contributed by atoms with Gasteiger partial charge >= 0.3 is 0 Å². The van der Waals surface area contributed by atoms with Gasteiger partial charge in [-0.25, -0.2) is 4.98 Å². The van der Waals surface area contributed by atoms with Gasteiger partial charge in [-0.1, -0.05) is 17.8 Å². The number of aliphatic hydroxyl groups excluding tert-OH is 1. The average Bonchev–Trinajstić information content (AvgIpc) is 3.23. The molecule has 0 aliphatic carbocycles. The summed E-state index contributed by atoms with van der Waals surface area (Å²) in [6, 6.07) is 17.3. The highest BCUT2D eigenvalue weighted by molar-refractivity contribution is 14.1. The van der Waals surface area contributed by atoms with Crippen molar-refractivity contribution < 1.29 is 9.90 Å². The normalized spacial score (nSPS) is 9.79. The molecular weight excluding hydrogens is 505 g/mol. The molecule has 0 atom stereocenters. The zero-order valence-corrected chi connectivity index (χ0v) is 18.8. The Morgan fingerprint density at radius 3 is 2.61 bits per heavy atom. The number of hydrogen-bond donors (Lipinski definition) is 2. The van der Waals surface area contributed by atoms with Crippen molar-refractivity contribution in [2.24, 2.45) is 0 Å². The van der Waals surface area contributed by atoms with Crippen molar-refractivity contribution in [2.75, 3.05) is 17.7 Å². The third kappa shape index (κ3) is 6.91. The van der Waals surface area contributed by atoms with Gasteiger partial charge in [0.15, 0.2) is 0 Å². The minimum Gasteiger partial charge on any atom is -0.397 e. The van der Waals surface area contributed by atoms with Crippen LogP contribution in [0.15, 0.2) is 58.9 Å². The van der Waals surface area contributed by atoms with Crippen molar-refractivity contribution in [2.45, 2.75) is 11.9 Å². The van der Waals surface area contributed by atoms with Crippen LogP contribution in [0.5, 0.6) is 0 Å². The number of anilines is 1. The zero-order valence-electron chi connectivity index (χ0n) is 15.1. The molecule has 3 rings (SSSR count). The lowest BCUT2D eigenvalue weighted by Crippen LogP contribution is -2.14. The molecule has 2 heterocycles. The second-order valence-corrected chi connectivity index (χ2v) is 8.46. The van der Waals surface area contributed by atoms with Crippen LogP contribution in [0, 0.1) is 14.9 Å². The van der Waals surface area contributed by atoms with E-state index in [0.29, 0.717) is 10.6 Å². The summed E-state index contributed by atoms with van der Waals surface area (Å²) in [5.74, 6) is 0.0695. The van der Waals surface area contributed by atoms with Gasteiger partial charge in [0.2, 0.25) is 5.91 Å². The van der Waals surface area contributed by atoms with Crippen molar-refractivity contribution in [1.29, 1.82) is 5.26 Å². The molecule has 0 saturated carbocycles. The fourth-order valence-electron chi connectivity index (χ4n) is 2.06. The van der Waals surface area contributed by atoms with Gasteiger partial charge in [-0.05, 0) is 77.4 Å². The van der Waals surface area contributed by atoms with Gasteiger partial charge in [0.25, 0.3) is 0 Å². The fourth-order valence-corrected chi connectivity index (χ4v) is 3.89. The number of carbonyl (C=O) groups is 1. The quantitative estimate of drug-likeness (QED) is 0.363. The molecule has 0 bridgehead atoms. The number of pyridine rings is 1. The first-order valence-electron chi connectivity index (χ1n) is 8.31. The summed E-state index contributed by atoms with van der Waals surface area (Å²) in [4.78, 5) is 17.7. The van der Waals surface area contributed by atoms with Gasteiger partial charge in [0.05, 0.1) is 21.9 Å². The molecule has 144 valence electrons. The number of aromatic nitrogens is 1. The summed E-state index contributed by atoms with van der Waals surface area (Å²) >= 11 is 5.08. The number of carbonyl (C=O) groups excluding carboxylic acids is 1. The first-order valence-corrected chi connectivity index (χ1v) is 11.3. The standard InChI is InChI=1S/C18H12IN3OS2.C2H6O/c19-13-4-6-14(7-5-13)21-17(23)11-25-18-12(10-20)3-8-15(22-18)16-2-1-9-24-16;1-2-3/h1-9H,11H2,(H,21,23);3H,2H2,1H3.